The van der Waals surface area contributed by atoms with Gasteiger partial charge in [0.2, 0.25) is 0 Å². The van der Waals surface area contributed by atoms with Crippen molar-refractivity contribution in [1.82, 2.24) is 19.6 Å². The van der Waals surface area contributed by atoms with Crippen molar-refractivity contribution in [2.45, 2.75) is 50.9 Å². The van der Waals surface area contributed by atoms with Gasteiger partial charge in [-0.05, 0) is 43.4 Å². The van der Waals surface area contributed by atoms with E-state index in [1.165, 1.54) is 30.1 Å². The van der Waals surface area contributed by atoms with Crippen LogP contribution in [0.2, 0.25) is 0 Å². The van der Waals surface area contributed by atoms with Crippen LogP contribution in [-0.2, 0) is 12.7 Å². The fraction of sp³-hybridized carbons (Fsp3) is 0.421. The zero-order valence-electron chi connectivity index (χ0n) is 15.1. The van der Waals surface area contributed by atoms with Crippen molar-refractivity contribution in [2.24, 2.45) is 0 Å². The summed E-state index contributed by atoms with van der Waals surface area (Å²) in [5.74, 6) is 0.850. The van der Waals surface area contributed by atoms with E-state index in [0.29, 0.717) is 6.54 Å². The predicted molar refractivity (Wildman–Crippen MR) is 97.1 cm³/mol. The van der Waals surface area contributed by atoms with Crippen molar-refractivity contribution in [3.8, 4) is 5.75 Å². The van der Waals surface area contributed by atoms with Gasteiger partial charge in [-0.25, -0.2) is 4.98 Å². The molecule has 2 aromatic heterocycles. The Labute approximate surface area is 159 Å². The number of rotatable bonds is 5. The Hall–Kier alpha value is -2.84. The number of aromatic nitrogens is 4. The lowest BCUT2D eigenvalue weighted by atomic mass is 9.98. The number of nitrogens with one attached hydrogen (secondary N) is 1. The third-order valence-electron chi connectivity index (χ3n) is 4.77. The lowest BCUT2D eigenvalue weighted by molar-refractivity contribution is -0.141. The average Bonchev–Trinajstić information content (AvgIpc) is 3.15. The molecule has 28 heavy (non-hydrogen) atoms. The molecule has 0 bridgehead atoms. The van der Waals surface area contributed by atoms with Crippen molar-refractivity contribution >= 4 is 11.6 Å². The molecule has 1 saturated carbocycles. The number of fused-ring (bicyclic) bond motifs is 1. The molecule has 4 rings (SSSR count). The normalized spacial score (nSPS) is 15.7. The second-order valence-corrected chi connectivity index (χ2v) is 6.88. The second kappa shape index (κ2) is 7.65. The molecule has 0 amide bonds. The molecular weight excluding hydrogens is 371 g/mol. The van der Waals surface area contributed by atoms with Crippen LogP contribution in [0.1, 0.15) is 43.4 Å². The van der Waals surface area contributed by atoms with Crippen LogP contribution in [0.15, 0.2) is 36.7 Å². The van der Waals surface area contributed by atoms with Gasteiger partial charge in [0, 0.05) is 12.6 Å². The molecule has 0 aliphatic heterocycles. The SMILES string of the molecule is FC(F)(F)c1cc(NCc2cccc(OC3CCCCC3)c2)n2ncnc2n1. The van der Waals surface area contributed by atoms with Crippen LogP contribution in [0.4, 0.5) is 19.0 Å². The molecule has 3 aromatic rings. The average molecular weight is 391 g/mol. The number of benzene rings is 1. The number of ether oxygens (including phenoxy) is 1. The molecule has 1 aromatic carbocycles. The van der Waals surface area contributed by atoms with Gasteiger partial charge in [0.05, 0.1) is 6.10 Å². The molecule has 0 radical (unpaired) electrons. The van der Waals surface area contributed by atoms with Gasteiger partial charge in [0.25, 0.3) is 5.78 Å². The smallest absolute Gasteiger partial charge is 0.433 e. The third kappa shape index (κ3) is 4.18. The lowest BCUT2D eigenvalue weighted by Gasteiger charge is -2.23. The van der Waals surface area contributed by atoms with Crippen LogP contribution in [-0.4, -0.2) is 25.7 Å². The molecule has 9 heteroatoms. The summed E-state index contributed by atoms with van der Waals surface area (Å²) in [7, 11) is 0. The molecule has 0 spiro atoms. The van der Waals surface area contributed by atoms with Gasteiger partial charge in [0.1, 0.15) is 17.9 Å². The first-order valence-corrected chi connectivity index (χ1v) is 9.26. The van der Waals surface area contributed by atoms with Crippen molar-refractivity contribution < 1.29 is 17.9 Å². The van der Waals surface area contributed by atoms with Crippen LogP contribution < -0.4 is 10.1 Å². The Morgan fingerprint density at radius 3 is 2.75 bits per heavy atom. The lowest BCUT2D eigenvalue weighted by Crippen LogP contribution is -2.19. The summed E-state index contributed by atoms with van der Waals surface area (Å²) >= 11 is 0. The van der Waals surface area contributed by atoms with Gasteiger partial charge in [0.15, 0.2) is 5.69 Å². The Bertz CT molecular complexity index is 950. The number of halogens is 3. The van der Waals surface area contributed by atoms with Crippen LogP contribution >= 0.6 is 0 Å². The van der Waals surface area contributed by atoms with Gasteiger partial charge in [-0.15, -0.1) is 0 Å². The summed E-state index contributed by atoms with van der Waals surface area (Å²) in [6, 6.07) is 8.52. The standard InChI is InChI=1S/C19H20F3N5O/c20-19(21,22)16-10-17(27-18(26-16)24-12-25-27)23-11-13-5-4-8-15(9-13)28-14-6-2-1-3-7-14/h4-5,8-10,12,14,23H,1-3,6-7,11H2. The first-order valence-electron chi connectivity index (χ1n) is 9.26. The highest BCUT2D eigenvalue weighted by atomic mass is 19.4. The monoisotopic (exact) mass is 391 g/mol. The van der Waals surface area contributed by atoms with Gasteiger partial charge in [-0.1, -0.05) is 18.6 Å². The minimum Gasteiger partial charge on any atom is -0.490 e. The van der Waals surface area contributed by atoms with Crippen LogP contribution in [0.5, 0.6) is 5.75 Å². The van der Waals surface area contributed by atoms with E-state index < -0.39 is 11.9 Å². The highest BCUT2D eigenvalue weighted by Gasteiger charge is 2.34. The van der Waals surface area contributed by atoms with Crippen LogP contribution in [0.25, 0.3) is 5.78 Å². The maximum Gasteiger partial charge on any atom is 0.433 e. The highest BCUT2D eigenvalue weighted by Crippen LogP contribution is 2.30. The molecule has 6 nitrogen and oxygen atoms in total. The van der Waals surface area contributed by atoms with E-state index in [2.05, 4.69) is 20.4 Å². The first-order chi connectivity index (χ1) is 13.5. The summed E-state index contributed by atoms with van der Waals surface area (Å²) < 4.78 is 46.5. The zero-order chi connectivity index (χ0) is 19.6. The molecular formula is C19H20F3N5O. The topological polar surface area (TPSA) is 64.3 Å². The van der Waals surface area contributed by atoms with Gasteiger partial charge < -0.3 is 10.1 Å². The van der Waals surface area contributed by atoms with Gasteiger partial charge >= 0.3 is 6.18 Å². The minimum absolute atomic E-state index is 0.105. The van der Waals surface area contributed by atoms with Crippen molar-refractivity contribution in [3.05, 3.63) is 47.9 Å². The Morgan fingerprint density at radius 2 is 1.96 bits per heavy atom. The van der Waals surface area contributed by atoms with Crippen LogP contribution in [0, 0.1) is 0 Å². The van der Waals surface area contributed by atoms with Crippen molar-refractivity contribution in [3.63, 3.8) is 0 Å². The number of nitrogens with zero attached hydrogens (tertiary/aromatic N) is 4. The van der Waals surface area contributed by atoms with E-state index in [-0.39, 0.29) is 17.7 Å². The largest absolute Gasteiger partial charge is 0.490 e. The van der Waals surface area contributed by atoms with Crippen molar-refractivity contribution in [2.75, 3.05) is 5.32 Å². The maximum atomic E-state index is 13.1. The summed E-state index contributed by atoms with van der Waals surface area (Å²) in [5, 5.41) is 6.94. The number of hydrogen-bond donors (Lipinski definition) is 1. The van der Waals surface area contributed by atoms with E-state index in [4.69, 9.17) is 4.74 Å². The van der Waals surface area contributed by atoms with E-state index in [9.17, 15) is 13.2 Å². The van der Waals surface area contributed by atoms with E-state index in [1.54, 1.807) is 0 Å². The number of anilines is 1. The fourth-order valence-electron chi connectivity index (χ4n) is 3.38. The predicted octanol–water partition coefficient (Wildman–Crippen LogP) is 4.47. The third-order valence-corrected chi connectivity index (χ3v) is 4.77. The molecule has 0 unspecified atom stereocenters. The first kappa shape index (κ1) is 18.5. The van der Waals surface area contributed by atoms with Crippen LogP contribution in [0.3, 0.4) is 0 Å². The second-order valence-electron chi connectivity index (χ2n) is 6.88. The maximum absolute atomic E-state index is 13.1. The van der Waals surface area contributed by atoms with E-state index >= 15 is 0 Å². The Kier molecular flexibility index (Phi) is 5.06. The Balaban J connectivity index is 1.50. The van der Waals surface area contributed by atoms with Crippen molar-refractivity contribution in [1.29, 1.82) is 0 Å². The highest BCUT2D eigenvalue weighted by molar-refractivity contribution is 5.46. The molecule has 1 aliphatic rings. The quantitative estimate of drug-likeness (QED) is 0.695. The van der Waals surface area contributed by atoms with Gasteiger partial charge in [-0.2, -0.15) is 27.8 Å². The zero-order valence-corrected chi connectivity index (χ0v) is 15.1. The fourth-order valence-corrected chi connectivity index (χ4v) is 3.38. The summed E-state index contributed by atoms with van der Waals surface area (Å²) in [5.41, 5.74) is -0.114. The molecule has 1 N–H and O–H groups in total. The molecule has 148 valence electrons. The molecule has 1 fully saturated rings. The molecule has 1 aliphatic carbocycles. The molecule has 0 saturated heterocycles. The summed E-state index contributed by atoms with van der Waals surface area (Å²) in [4.78, 5) is 7.27. The molecule has 2 heterocycles. The number of alkyl halides is 3. The minimum atomic E-state index is -4.56. The van der Waals surface area contributed by atoms with E-state index in [1.807, 2.05) is 24.3 Å². The molecule has 0 atom stereocenters. The number of hydrogen-bond acceptors (Lipinski definition) is 5. The Morgan fingerprint density at radius 1 is 1.14 bits per heavy atom. The van der Waals surface area contributed by atoms with Gasteiger partial charge in [-0.3, -0.25) is 0 Å². The van der Waals surface area contributed by atoms with E-state index in [0.717, 1.165) is 30.2 Å². The summed E-state index contributed by atoms with van der Waals surface area (Å²) in [6.45, 7) is 0.318. The summed E-state index contributed by atoms with van der Waals surface area (Å²) in [6.07, 6.45) is 2.60.